The first-order chi connectivity index (χ1) is 12.4. The highest BCUT2D eigenvalue weighted by atomic mass is 16.8. The summed E-state index contributed by atoms with van der Waals surface area (Å²) in [5, 5.41) is 0. The number of rotatable bonds is 5. The quantitative estimate of drug-likeness (QED) is 0.723. The van der Waals surface area contributed by atoms with E-state index in [9.17, 15) is 0 Å². The molecule has 2 aliphatic rings. The summed E-state index contributed by atoms with van der Waals surface area (Å²) in [6.45, 7) is 6.18. The average Bonchev–Trinajstić information content (AvgIpc) is 3.20. The third kappa shape index (κ3) is 2.65. The fourth-order valence-electron chi connectivity index (χ4n) is 3.85. The zero-order chi connectivity index (χ0) is 18.5. The van der Waals surface area contributed by atoms with E-state index in [0.29, 0.717) is 36.7 Å². The number of likely N-dealkylation sites (N-methyl/N-ethyl adjacent to an activating group) is 1. The lowest BCUT2D eigenvalue weighted by molar-refractivity contribution is -0.205. The molecule has 2 saturated heterocycles. The number of anilines is 1. The maximum absolute atomic E-state index is 6.36. The van der Waals surface area contributed by atoms with Crippen molar-refractivity contribution in [1.82, 2.24) is 24.4 Å². The van der Waals surface area contributed by atoms with Crippen LogP contribution in [-0.2, 0) is 19.9 Å². The van der Waals surface area contributed by atoms with Gasteiger partial charge in [0, 0.05) is 19.6 Å². The summed E-state index contributed by atoms with van der Waals surface area (Å²) >= 11 is 0. The van der Waals surface area contributed by atoms with Gasteiger partial charge in [0.1, 0.15) is 24.1 Å². The second-order valence-electron chi connectivity index (χ2n) is 7.33. The highest BCUT2D eigenvalue weighted by Gasteiger charge is 2.62. The minimum Gasteiger partial charge on any atom is -0.382 e. The molecule has 2 aliphatic heterocycles. The number of aromatic nitrogens is 4. The standard InChI is InChI=1S/C16H25N7O3/c1-15(2)25-12-10(6-22(3)5-4-17)24-7-16(12,26-15)23-9-21-11-13(18)19-8-20-14(11)23/h8-10,12H,4-7,17H2,1-3H3,(H2,18,19,20)/t10-,12-,16-/m1/s1. The monoisotopic (exact) mass is 363 g/mol. The van der Waals surface area contributed by atoms with E-state index in [0.717, 1.165) is 6.54 Å². The summed E-state index contributed by atoms with van der Waals surface area (Å²) < 4.78 is 20.5. The Labute approximate surface area is 151 Å². The normalized spacial score (nSPS) is 30.3. The number of hydrogen-bond donors (Lipinski definition) is 2. The summed E-state index contributed by atoms with van der Waals surface area (Å²) in [6.07, 6.45) is 2.62. The van der Waals surface area contributed by atoms with Crippen molar-refractivity contribution in [1.29, 1.82) is 0 Å². The summed E-state index contributed by atoms with van der Waals surface area (Å²) in [5.41, 5.74) is 11.9. The van der Waals surface area contributed by atoms with Gasteiger partial charge in [0.25, 0.3) is 0 Å². The van der Waals surface area contributed by atoms with Gasteiger partial charge in [-0.1, -0.05) is 0 Å². The Bertz CT molecular complexity index is 810. The second-order valence-corrected chi connectivity index (χ2v) is 7.33. The van der Waals surface area contributed by atoms with E-state index in [1.54, 1.807) is 6.33 Å². The molecule has 4 rings (SSSR count). The molecule has 4 heterocycles. The molecular weight excluding hydrogens is 338 g/mol. The minimum atomic E-state index is -0.854. The van der Waals surface area contributed by atoms with Crippen LogP contribution in [0.4, 0.5) is 5.82 Å². The van der Waals surface area contributed by atoms with Crippen LogP contribution in [0.3, 0.4) is 0 Å². The van der Waals surface area contributed by atoms with E-state index < -0.39 is 11.5 Å². The van der Waals surface area contributed by atoms with Crippen molar-refractivity contribution < 1.29 is 14.2 Å². The predicted molar refractivity (Wildman–Crippen MR) is 94.0 cm³/mol. The lowest BCUT2D eigenvalue weighted by Gasteiger charge is -2.29. The van der Waals surface area contributed by atoms with Crippen LogP contribution in [0.5, 0.6) is 0 Å². The van der Waals surface area contributed by atoms with E-state index >= 15 is 0 Å². The first kappa shape index (κ1) is 17.6. The lowest BCUT2D eigenvalue weighted by Crippen LogP contribution is -2.46. The molecule has 0 bridgehead atoms. The molecule has 2 aromatic heterocycles. The van der Waals surface area contributed by atoms with Gasteiger partial charge < -0.3 is 30.6 Å². The SMILES string of the molecule is CN(CCN)C[C@H]1OC[C@@]2(n3cnc4c(N)ncnc43)OC(C)(C)O[C@H]12. The molecule has 26 heavy (non-hydrogen) atoms. The molecule has 2 fully saturated rings. The summed E-state index contributed by atoms with van der Waals surface area (Å²) in [7, 11) is 2.01. The highest BCUT2D eigenvalue weighted by molar-refractivity contribution is 5.81. The van der Waals surface area contributed by atoms with Gasteiger partial charge in [0.2, 0.25) is 5.72 Å². The molecule has 4 N–H and O–H groups in total. The summed E-state index contributed by atoms with van der Waals surface area (Å²) in [5.74, 6) is -0.424. The van der Waals surface area contributed by atoms with Crippen LogP contribution < -0.4 is 11.5 Å². The van der Waals surface area contributed by atoms with Crippen LogP contribution in [0.1, 0.15) is 13.8 Å². The average molecular weight is 363 g/mol. The van der Waals surface area contributed by atoms with Gasteiger partial charge in [0.15, 0.2) is 17.3 Å². The van der Waals surface area contributed by atoms with Crippen molar-refractivity contribution in [2.24, 2.45) is 5.73 Å². The van der Waals surface area contributed by atoms with Crippen LogP contribution >= 0.6 is 0 Å². The molecule has 0 radical (unpaired) electrons. The largest absolute Gasteiger partial charge is 0.382 e. The highest BCUT2D eigenvalue weighted by Crippen LogP contribution is 2.47. The van der Waals surface area contributed by atoms with E-state index in [1.165, 1.54) is 6.33 Å². The van der Waals surface area contributed by atoms with Gasteiger partial charge in [0.05, 0.1) is 12.9 Å². The fraction of sp³-hybridized carbons (Fsp3) is 0.688. The Hall–Kier alpha value is -1.85. The zero-order valence-electron chi connectivity index (χ0n) is 15.3. The molecule has 10 nitrogen and oxygen atoms in total. The summed E-state index contributed by atoms with van der Waals surface area (Å²) in [6, 6.07) is 0. The molecule has 0 amide bonds. The molecule has 3 atom stereocenters. The molecule has 0 spiro atoms. The number of imidazole rings is 1. The third-order valence-electron chi connectivity index (χ3n) is 4.89. The predicted octanol–water partition coefficient (Wildman–Crippen LogP) is -0.498. The van der Waals surface area contributed by atoms with Crippen LogP contribution in [0, 0.1) is 0 Å². The number of hydrogen-bond acceptors (Lipinski definition) is 9. The Balaban J connectivity index is 1.73. The van der Waals surface area contributed by atoms with Crippen LogP contribution in [-0.4, -0.2) is 75.7 Å². The molecule has 0 aliphatic carbocycles. The maximum atomic E-state index is 6.36. The molecular formula is C16H25N7O3. The Morgan fingerprint density at radius 2 is 2.15 bits per heavy atom. The Kier molecular flexibility index (Phi) is 4.12. The first-order valence-electron chi connectivity index (χ1n) is 8.68. The van der Waals surface area contributed by atoms with Gasteiger partial charge in [-0.15, -0.1) is 0 Å². The van der Waals surface area contributed by atoms with Gasteiger partial charge in [-0.25, -0.2) is 15.0 Å². The zero-order valence-corrected chi connectivity index (χ0v) is 15.3. The fourth-order valence-corrected chi connectivity index (χ4v) is 3.85. The maximum Gasteiger partial charge on any atom is 0.203 e. The lowest BCUT2D eigenvalue weighted by atomic mass is 10.0. The number of ether oxygens (including phenoxy) is 3. The summed E-state index contributed by atoms with van der Waals surface area (Å²) in [4.78, 5) is 14.9. The number of nitrogens with two attached hydrogens (primary N) is 2. The van der Waals surface area contributed by atoms with Crippen molar-refractivity contribution in [3.05, 3.63) is 12.7 Å². The number of nitrogen functional groups attached to an aromatic ring is 1. The van der Waals surface area contributed by atoms with E-state index in [2.05, 4.69) is 19.9 Å². The van der Waals surface area contributed by atoms with E-state index in [-0.39, 0.29) is 12.2 Å². The van der Waals surface area contributed by atoms with Gasteiger partial charge in [-0.2, -0.15) is 0 Å². The van der Waals surface area contributed by atoms with Gasteiger partial charge in [-0.3, -0.25) is 4.57 Å². The number of nitrogens with zero attached hydrogens (tertiary/aromatic N) is 5. The van der Waals surface area contributed by atoms with Crippen LogP contribution in [0.25, 0.3) is 11.2 Å². The van der Waals surface area contributed by atoms with Crippen molar-refractivity contribution in [2.45, 2.75) is 37.6 Å². The Morgan fingerprint density at radius 3 is 2.92 bits per heavy atom. The molecule has 0 aromatic carbocycles. The van der Waals surface area contributed by atoms with Crippen molar-refractivity contribution in [2.75, 3.05) is 39.0 Å². The molecule has 2 aromatic rings. The third-order valence-corrected chi connectivity index (χ3v) is 4.89. The molecule has 0 unspecified atom stereocenters. The minimum absolute atomic E-state index is 0.162. The van der Waals surface area contributed by atoms with Crippen molar-refractivity contribution >= 4 is 17.0 Å². The van der Waals surface area contributed by atoms with Crippen LogP contribution in [0.2, 0.25) is 0 Å². The number of fused-ring (bicyclic) bond motifs is 2. The van der Waals surface area contributed by atoms with Crippen LogP contribution in [0.15, 0.2) is 12.7 Å². The molecule has 0 saturated carbocycles. The van der Waals surface area contributed by atoms with Crippen molar-refractivity contribution in [3.63, 3.8) is 0 Å². The smallest absolute Gasteiger partial charge is 0.203 e. The topological polar surface area (TPSA) is 127 Å². The van der Waals surface area contributed by atoms with Gasteiger partial charge in [-0.05, 0) is 20.9 Å². The van der Waals surface area contributed by atoms with Crippen molar-refractivity contribution in [3.8, 4) is 0 Å². The second kappa shape index (κ2) is 6.10. The molecule has 10 heteroatoms. The van der Waals surface area contributed by atoms with Gasteiger partial charge >= 0.3 is 0 Å². The van der Waals surface area contributed by atoms with E-state index in [4.69, 9.17) is 25.7 Å². The van der Waals surface area contributed by atoms with E-state index in [1.807, 2.05) is 25.5 Å². The first-order valence-corrected chi connectivity index (χ1v) is 8.68. The molecule has 142 valence electrons. The Morgan fingerprint density at radius 1 is 1.35 bits per heavy atom.